The monoisotopic (exact) mass is 510 g/mol. The quantitative estimate of drug-likeness (QED) is 0.252. The van der Waals surface area contributed by atoms with E-state index >= 15 is 0 Å². The van der Waals surface area contributed by atoms with Gasteiger partial charge in [0.15, 0.2) is 12.6 Å². The van der Waals surface area contributed by atoms with E-state index in [1.54, 1.807) is 0 Å². The van der Waals surface area contributed by atoms with Gasteiger partial charge in [0.25, 0.3) is 0 Å². The molecule has 1 saturated carbocycles. The number of hydrogen-bond acceptors (Lipinski definition) is 4. The van der Waals surface area contributed by atoms with Crippen molar-refractivity contribution in [2.45, 2.75) is 130 Å². The zero-order chi connectivity index (χ0) is 27.0. The second-order valence-corrected chi connectivity index (χ2v) is 11.5. The first-order valence-corrected chi connectivity index (χ1v) is 14.5. The Balaban J connectivity index is 1.42. The van der Waals surface area contributed by atoms with Crippen LogP contribution in [-0.4, -0.2) is 24.3 Å². The second-order valence-electron chi connectivity index (χ2n) is 11.5. The Hall–Kier alpha value is -2.04. The molecule has 0 aromatic heterocycles. The molecule has 0 saturated heterocycles. The molecule has 2 aromatic rings. The highest BCUT2D eigenvalue weighted by Crippen LogP contribution is 2.37. The summed E-state index contributed by atoms with van der Waals surface area (Å²) in [6.07, 6.45) is 6.11. The molecular weight excluding hydrogens is 460 g/mol. The van der Waals surface area contributed by atoms with Crippen LogP contribution in [0.15, 0.2) is 48.5 Å². The first kappa shape index (κ1) is 29.5. The molecule has 0 heterocycles. The normalized spacial score (nSPS) is 21.6. The lowest BCUT2D eigenvalue weighted by Crippen LogP contribution is -2.42. The molecule has 206 valence electrons. The third-order valence-corrected chi connectivity index (χ3v) is 8.24. The van der Waals surface area contributed by atoms with Gasteiger partial charge in [0, 0.05) is 0 Å². The molecule has 4 nitrogen and oxygen atoms in total. The Morgan fingerprint density at radius 3 is 1.54 bits per heavy atom. The van der Waals surface area contributed by atoms with Crippen molar-refractivity contribution in [1.29, 1.82) is 0 Å². The van der Waals surface area contributed by atoms with E-state index in [0.29, 0.717) is 17.8 Å². The maximum atomic E-state index is 6.42. The number of rotatable bonds is 13. The van der Waals surface area contributed by atoms with E-state index in [-0.39, 0.29) is 24.3 Å². The van der Waals surface area contributed by atoms with E-state index in [1.165, 1.54) is 11.1 Å². The van der Waals surface area contributed by atoms with Gasteiger partial charge in [0.2, 0.25) is 0 Å². The predicted molar refractivity (Wildman–Crippen MR) is 152 cm³/mol. The van der Waals surface area contributed by atoms with Gasteiger partial charge in [-0.1, -0.05) is 52.0 Å². The van der Waals surface area contributed by atoms with Crippen molar-refractivity contribution in [2.24, 2.45) is 5.92 Å². The first-order chi connectivity index (χ1) is 17.6. The lowest BCUT2D eigenvalue weighted by molar-refractivity contribution is -0.182. The van der Waals surface area contributed by atoms with E-state index in [0.717, 1.165) is 50.0 Å². The molecule has 4 heteroatoms. The van der Waals surface area contributed by atoms with E-state index in [9.17, 15) is 0 Å². The zero-order valence-electron chi connectivity index (χ0n) is 24.5. The Bertz CT molecular complexity index is 912. The fourth-order valence-corrected chi connectivity index (χ4v) is 5.35. The summed E-state index contributed by atoms with van der Waals surface area (Å²) in [6.45, 7) is 17.3. The fourth-order valence-electron chi connectivity index (χ4n) is 5.35. The van der Waals surface area contributed by atoms with Crippen LogP contribution in [-0.2, 0) is 9.47 Å². The molecule has 0 bridgehead atoms. The minimum absolute atomic E-state index is 0.221. The van der Waals surface area contributed by atoms with Crippen molar-refractivity contribution in [3.63, 3.8) is 0 Å². The van der Waals surface area contributed by atoms with Crippen LogP contribution >= 0.6 is 0 Å². The van der Waals surface area contributed by atoms with Gasteiger partial charge in [-0.05, 0) is 119 Å². The number of ether oxygens (including phenoxy) is 4. The molecule has 4 atom stereocenters. The van der Waals surface area contributed by atoms with E-state index in [1.807, 2.05) is 13.8 Å². The van der Waals surface area contributed by atoms with Crippen LogP contribution in [0.2, 0.25) is 0 Å². The minimum Gasteiger partial charge on any atom is -0.465 e. The van der Waals surface area contributed by atoms with Crippen LogP contribution in [0.4, 0.5) is 0 Å². The molecule has 3 rings (SSSR count). The molecule has 37 heavy (non-hydrogen) atoms. The summed E-state index contributed by atoms with van der Waals surface area (Å²) >= 11 is 0. The Kier molecular flexibility index (Phi) is 10.9. The van der Waals surface area contributed by atoms with Gasteiger partial charge >= 0.3 is 0 Å². The van der Waals surface area contributed by atoms with Crippen molar-refractivity contribution in [2.75, 3.05) is 0 Å². The molecule has 0 radical (unpaired) electrons. The van der Waals surface area contributed by atoms with Crippen molar-refractivity contribution in [1.82, 2.24) is 0 Å². The zero-order valence-corrected chi connectivity index (χ0v) is 24.5. The van der Waals surface area contributed by atoms with Crippen LogP contribution < -0.4 is 9.47 Å². The van der Waals surface area contributed by atoms with Gasteiger partial charge < -0.3 is 18.9 Å². The van der Waals surface area contributed by atoms with Crippen molar-refractivity contribution in [3.05, 3.63) is 59.7 Å². The lowest BCUT2D eigenvalue weighted by atomic mass is 9.77. The van der Waals surface area contributed by atoms with Crippen molar-refractivity contribution >= 4 is 0 Å². The summed E-state index contributed by atoms with van der Waals surface area (Å²) < 4.78 is 24.8. The Morgan fingerprint density at radius 1 is 0.676 bits per heavy atom. The van der Waals surface area contributed by atoms with Crippen molar-refractivity contribution < 1.29 is 18.9 Å². The topological polar surface area (TPSA) is 36.9 Å². The molecule has 4 unspecified atom stereocenters. The van der Waals surface area contributed by atoms with Gasteiger partial charge in [0.05, 0.1) is 11.7 Å². The molecule has 0 amide bonds. The summed E-state index contributed by atoms with van der Waals surface area (Å²) in [5.41, 5.74) is 2.44. The molecule has 1 aliphatic carbocycles. The van der Waals surface area contributed by atoms with Crippen LogP contribution in [0.25, 0.3) is 0 Å². The highest BCUT2D eigenvalue weighted by molar-refractivity contribution is 5.30. The first-order valence-electron chi connectivity index (χ1n) is 14.5. The number of hydrogen-bond donors (Lipinski definition) is 0. The predicted octanol–water partition coefficient (Wildman–Crippen LogP) is 9.23. The SMILES string of the molecule is CCC(C)c1ccc(OC(C)OC2CCC(C(C)(C)OC(C)Oc3ccc(C(C)CC)cc3)CC2)cc1. The maximum absolute atomic E-state index is 6.42. The maximum Gasteiger partial charge on any atom is 0.197 e. The van der Waals surface area contributed by atoms with Crippen molar-refractivity contribution in [3.8, 4) is 11.5 Å². The van der Waals surface area contributed by atoms with Crippen LogP contribution in [0.3, 0.4) is 0 Å². The third kappa shape index (κ3) is 8.75. The molecule has 1 aliphatic rings. The third-order valence-electron chi connectivity index (χ3n) is 8.24. The van der Waals surface area contributed by atoms with Gasteiger partial charge in [-0.2, -0.15) is 0 Å². The average molecular weight is 511 g/mol. The Morgan fingerprint density at radius 2 is 1.11 bits per heavy atom. The summed E-state index contributed by atoms with van der Waals surface area (Å²) in [7, 11) is 0. The highest BCUT2D eigenvalue weighted by atomic mass is 16.7. The summed E-state index contributed by atoms with van der Waals surface area (Å²) in [6, 6.07) is 16.9. The van der Waals surface area contributed by atoms with Crippen LogP contribution in [0, 0.1) is 5.92 Å². The number of benzene rings is 2. The van der Waals surface area contributed by atoms with Gasteiger partial charge in [-0.15, -0.1) is 0 Å². The highest BCUT2D eigenvalue weighted by Gasteiger charge is 2.36. The van der Waals surface area contributed by atoms with Gasteiger partial charge in [0.1, 0.15) is 11.5 Å². The van der Waals surface area contributed by atoms with Gasteiger partial charge in [-0.25, -0.2) is 0 Å². The van der Waals surface area contributed by atoms with E-state index in [2.05, 4.69) is 90.1 Å². The summed E-state index contributed by atoms with van der Waals surface area (Å²) in [5.74, 6) is 3.33. The molecule has 2 aromatic carbocycles. The van der Waals surface area contributed by atoms with Gasteiger partial charge in [-0.3, -0.25) is 0 Å². The lowest BCUT2D eigenvalue weighted by Gasteiger charge is -2.40. The molecule has 0 N–H and O–H groups in total. The standard InChI is InChI=1S/C33H50O4/c1-9-23(3)27-11-17-30(18-12-27)34-25(5)35-32-21-15-29(16-22-32)33(7,8)37-26(6)36-31-19-13-28(14-20-31)24(4)10-2/h11-14,17-20,23-26,29,32H,9-10,15-16,21-22H2,1-8H3. The molecule has 0 spiro atoms. The van der Waals surface area contributed by atoms with Crippen LogP contribution in [0.1, 0.15) is 117 Å². The van der Waals surface area contributed by atoms with E-state index in [4.69, 9.17) is 18.9 Å². The fraction of sp³-hybridized carbons (Fsp3) is 0.636. The summed E-state index contributed by atoms with van der Waals surface area (Å²) in [5, 5.41) is 0. The largest absolute Gasteiger partial charge is 0.465 e. The molecule has 0 aliphatic heterocycles. The minimum atomic E-state index is -0.307. The van der Waals surface area contributed by atoms with Crippen LogP contribution in [0.5, 0.6) is 11.5 Å². The average Bonchev–Trinajstić information content (AvgIpc) is 2.88. The smallest absolute Gasteiger partial charge is 0.197 e. The molecular formula is C33H50O4. The summed E-state index contributed by atoms with van der Waals surface area (Å²) in [4.78, 5) is 0. The Labute approximate surface area is 226 Å². The second kappa shape index (κ2) is 13.7. The van der Waals surface area contributed by atoms with E-state index < -0.39 is 0 Å². The molecule has 1 fully saturated rings.